The third kappa shape index (κ3) is 8.16. The molecule has 0 amide bonds. The Labute approximate surface area is 189 Å². The minimum Gasteiger partial charge on any atom is -0.379 e. The summed E-state index contributed by atoms with van der Waals surface area (Å²) < 4.78 is 6.49. The van der Waals surface area contributed by atoms with Crippen molar-refractivity contribution in [2.24, 2.45) is 5.92 Å². The predicted octanol–water partition coefficient (Wildman–Crippen LogP) is 2.94. The molecule has 1 aliphatic heterocycles. The molecule has 0 bridgehead atoms. The summed E-state index contributed by atoms with van der Waals surface area (Å²) in [5, 5.41) is 9.26. The molecule has 2 aromatic rings. The molecule has 2 heterocycles. The lowest BCUT2D eigenvalue weighted by Crippen LogP contribution is -2.41. The second-order valence-electron chi connectivity index (χ2n) is 8.66. The molecule has 1 aromatic heterocycles. The van der Waals surface area contributed by atoms with Crippen molar-refractivity contribution in [3.8, 4) is 6.07 Å². The van der Waals surface area contributed by atoms with Crippen LogP contribution in [0.15, 0.2) is 39.9 Å². The molecule has 0 aliphatic carbocycles. The molecule has 1 atom stereocenters. The molecule has 32 heavy (non-hydrogen) atoms. The van der Waals surface area contributed by atoms with Gasteiger partial charge in [0.15, 0.2) is 0 Å². The maximum Gasteiger partial charge on any atom is 0.330 e. The summed E-state index contributed by atoms with van der Waals surface area (Å²) in [5.74, 6) is 1.15. The highest BCUT2D eigenvalue weighted by Crippen LogP contribution is 2.22. The van der Waals surface area contributed by atoms with Crippen molar-refractivity contribution in [2.75, 3.05) is 25.1 Å². The Morgan fingerprint density at radius 2 is 1.88 bits per heavy atom. The van der Waals surface area contributed by atoms with Crippen LogP contribution in [0, 0.1) is 17.2 Å². The number of aromatic amines is 1. The SMILES string of the molecule is C=O.CC1CCCN(c2cc(=O)[nH]c(=O)n2Cc2ccccc2C#N)C1.COC(C)(C)C. The Hall–Kier alpha value is -3.18. The van der Waals surface area contributed by atoms with E-state index in [0.717, 1.165) is 31.5 Å². The summed E-state index contributed by atoms with van der Waals surface area (Å²) in [6, 6.07) is 10.8. The molecular formula is C24H34N4O4. The fraction of sp³-hybridized carbons (Fsp3) is 0.500. The molecule has 8 nitrogen and oxygen atoms in total. The normalized spacial score (nSPS) is 15.5. The molecule has 8 heteroatoms. The van der Waals surface area contributed by atoms with Gasteiger partial charge in [0.05, 0.1) is 23.8 Å². The number of methoxy groups -OCH3 is 1. The average Bonchev–Trinajstić information content (AvgIpc) is 2.77. The van der Waals surface area contributed by atoms with E-state index in [0.29, 0.717) is 17.3 Å². The Morgan fingerprint density at radius 1 is 1.25 bits per heavy atom. The van der Waals surface area contributed by atoms with Gasteiger partial charge in [-0.05, 0) is 51.2 Å². The second kappa shape index (κ2) is 12.6. The molecule has 0 radical (unpaired) electrons. The van der Waals surface area contributed by atoms with E-state index in [9.17, 15) is 14.9 Å². The molecule has 0 saturated carbocycles. The summed E-state index contributed by atoms with van der Waals surface area (Å²) in [4.78, 5) is 36.6. The fourth-order valence-electron chi connectivity index (χ4n) is 3.26. The van der Waals surface area contributed by atoms with Crippen molar-refractivity contribution in [3.63, 3.8) is 0 Å². The molecule has 1 aliphatic rings. The zero-order valence-electron chi connectivity index (χ0n) is 19.7. The summed E-state index contributed by atoms with van der Waals surface area (Å²) in [7, 11) is 1.71. The molecule has 1 fully saturated rings. The van der Waals surface area contributed by atoms with Gasteiger partial charge in [-0.3, -0.25) is 14.3 Å². The first-order valence-corrected chi connectivity index (χ1v) is 10.6. The Kier molecular flexibility index (Phi) is 10.6. The number of piperidine rings is 1. The highest BCUT2D eigenvalue weighted by atomic mass is 16.5. The number of nitriles is 1. The number of nitrogens with zero attached hydrogens (tertiary/aromatic N) is 3. The minimum absolute atomic E-state index is 0.0417. The van der Waals surface area contributed by atoms with Crippen molar-refractivity contribution in [1.29, 1.82) is 5.26 Å². The third-order valence-electron chi connectivity index (χ3n) is 5.07. The summed E-state index contributed by atoms with van der Waals surface area (Å²) in [5.41, 5.74) is 0.510. The molecular weight excluding hydrogens is 408 g/mol. The zero-order chi connectivity index (χ0) is 24.3. The van der Waals surface area contributed by atoms with Gasteiger partial charge >= 0.3 is 5.69 Å². The topological polar surface area (TPSA) is 108 Å². The van der Waals surface area contributed by atoms with Crippen LogP contribution in [0.1, 0.15) is 51.7 Å². The third-order valence-corrected chi connectivity index (χ3v) is 5.07. The van der Waals surface area contributed by atoms with Gasteiger partial charge in [0, 0.05) is 26.3 Å². The predicted molar refractivity (Wildman–Crippen MR) is 126 cm³/mol. The van der Waals surface area contributed by atoms with Crippen molar-refractivity contribution in [3.05, 3.63) is 62.3 Å². The van der Waals surface area contributed by atoms with Gasteiger partial charge in [-0.25, -0.2) is 4.79 Å². The number of nitrogens with one attached hydrogen (secondary N) is 1. The summed E-state index contributed by atoms with van der Waals surface area (Å²) >= 11 is 0. The van der Waals surface area contributed by atoms with E-state index in [4.69, 9.17) is 9.53 Å². The molecule has 3 rings (SSSR count). The van der Waals surface area contributed by atoms with Gasteiger partial charge in [0.25, 0.3) is 5.56 Å². The van der Waals surface area contributed by atoms with E-state index in [1.54, 1.807) is 23.8 Å². The van der Waals surface area contributed by atoms with Crippen molar-refractivity contribution >= 4 is 12.6 Å². The van der Waals surface area contributed by atoms with Gasteiger partial charge in [-0.15, -0.1) is 0 Å². The largest absolute Gasteiger partial charge is 0.379 e. The lowest BCUT2D eigenvalue weighted by Gasteiger charge is -2.33. The molecule has 1 N–H and O–H groups in total. The zero-order valence-corrected chi connectivity index (χ0v) is 19.7. The highest BCUT2D eigenvalue weighted by Gasteiger charge is 2.20. The first-order chi connectivity index (χ1) is 15.1. The number of ether oxygens (including phenoxy) is 1. The highest BCUT2D eigenvalue weighted by molar-refractivity contribution is 5.42. The van der Waals surface area contributed by atoms with Crippen LogP contribution >= 0.6 is 0 Å². The molecule has 0 spiro atoms. The standard InChI is InChI=1S/C18H20N4O2.C5H12O.CH2O/c1-13-5-4-8-21(11-13)17-9-16(23)20-18(24)22(17)12-15-7-3-2-6-14(15)10-19;1-5(2,3)6-4;1-2/h2-3,6-7,9,13H,4-5,8,11-12H2,1H3,(H,20,23,24);1-4H3;1H2. The quantitative estimate of drug-likeness (QED) is 0.783. The Morgan fingerprint density at radius 3 is 2.44 bits per heavy atom. The first kappa shape index (κ1) is 26.9. The number of rotatable bonds is 3. The summed E-state index contributed by atoms with van der Waals surface area (Å²) in [6.07, 6.45) is 2.19. The van der Waals surface area contributed by atoms with Crippen LogP contribution in [0.2, 0.25) is 0 Å². The van der Waals surface area contributed by atoms with Crippen molar-refractivity contribution in [2.45, 2.75) is 52.7 Å². The second-order valence-corrected chi connectivity index (χ2v) is 8.66. The number of H-pyrrole nitrogens is 1. The Bertz CT molecular complexity index is 1010. The summed E-state index contributed by atoms with van der Waals surface area (Å²) in [6.45, 7) is 12.1. The first-order valence-electron chi connectivity index (χ1n) is 10.6. The van der Waals surface area contributed by atoms with Crippen LogP contribution in [0.5, 0.6) is 0 Å². The van der Waals surface area contributed by atoms with Crippen molar-refractivity contribution < 1.29 is 9.53 Å². The van der Waals surface area contributed by atoms with E-state index >= 15 is 0 Å². The van der Waals surface area contributed by atoms with Crippen LogP contribution < -0.4 is 16.1 Å². The molecule has 174 valence electrons. The van der Waals surface area contributed by atoms with Crippen LogP contribution in [-0.2, 0) is 16.1 Å². The van der Waals surface area contributed by atoms with E-state index in [2.05, 4.69) is 22.9 Å². The maximum atomic E-state index is 12.4. The number of carbonyl (C=O) groups is 1. The lowest BCUT2D eigenvalue weighted by atomic mass is 10.0. The fourth-order valence-corrected chi connectivity index (χ4v) is 3.26. The van der Waals surface area contributed by atoms with Gasteiger partial charge in [-0.2, -0.15) is 5.26 Å². The number of anilines is 1. The van der Waals surface area contributed by atoms with Crippen molar-refractivity contribution in [1.82, 2.24) is 9.55 Å². The number of hydrogen-bond acceptors (Lipinski definition) is 6. The Balaban J connectivity index is 0.000000556. The van der Waals surface area contributed by atoms with Crippen LogP contribution in [0.4, 0.5) is 5.82 Å². The average molecular weight is 443 g/mol. The number of aromatic nitrogens is 2. The van der Waals surface area contributed by atoms with Gasteiger partial charge in [0.1, 0.15) is 12.6 Å². The molecule has 1 saturated heterocycles. The molecule has 1 aromatic carbocycles. The van der Waals surface area contributed by atoms with Gasteiger partial charge in [0.2, 0.25) is 0 Å². The number of benzene rings is 1. The van der Waals surface area contributed by atoms with Crippen LogP contribution in [0.25, 0.3) is 0 Å². The van der Waals surface area contributed by atoms with E-state index < -0.39 is 11.2 Å². The smallest absolute Gasteiger partial charge is 0.330 e. The van der Waals surface area contributed by atoms with Gasteiger partial charge < -0.3 is 14.4 Å². The van der Waals surface area contributed by atoms with Crippen LogP contribution in [0.3, 0.4) is 0 Å². The van der Waals surface area contributed by atoms with E-state index in [1.165, 1.54) is 6.07 Å². The monoisotopic (exact) mass is 442 g/mol. The van der Waals surface area contributed by atoms with Crippen LogP contribution in [-0.4, -0.2) is 42.1 Å². The van der Waals surface area contributed by atoms with Gasteiger partial charge in [-0.1, -0.05) is 25.1 Å². The number of hydrogen-bond donors (Lipinski definition) is 1. The van der Waals surface area contributed by atoms with E-state index in [1.807, 2.05) is 39.7 Å². The minimum atomic E-state index is -0.441. The maximum absolute atomic E-state index is 12.4. The molecule has 1 unspecified atom stereocenters. The van der Waals surface area contributed by atoms with E-state index in [-0.39, 0.29) is 12.1 Å². The number of carbonyl (C=O) groups excluding carboxylic acids is 1. The lowest BCUT2D eigenvalue weighted by molar-refractivity contribution is -0.0980.